The van der Waals surface area contributed by atoms with E-state index in [1.165, 1.54) is 0 Å². The molecule has 0 amide bonds. The molecule has 1 aromatic rings. The molecule has 19 heavy (non-hydrogen) atoms. The lowest BCUT2D eigenvalue weighted by molar-refractivity contribution is -0.169. The number of aromatic carboxylic acids is 1. The second-order valence-corrected chi connectivity index (χ2v) is 4.92. The molecule has 2 aliphatic rings. The van der Waals surface area contributed by atoms with E-state index in [1.54, 1.807) is 12.1 Å². The molecule has 0 radical (unpaired) electrons. The second-order valence-electron chi connectivity index (χ2n) is 4.92. The Kier molecular flexibility index (Phi) is 3.16. The molecule has 2 aliphatic heterocycles. The fraction of sp³-hybridized carbons (Fsp3) is 0.500. The summed E-state index contributed by atoms with van der Waals surface area (Å²) in [5.41, 5.74) is 1.13. The van der Waals surface area contributed by atoms with Crippen molar-refractivity contribution >= 4 is 11.7 Å². The fourth-order valence-corrected chi connectivity index (χ4v) is 2.80. The average molecular weight is 263 g/mol. The van der Waals surface area contributed by atoms with Crippen molar-refractivity contribution in [3.05, 3.63) is 29.8 Å². The van der Waals surface area contributed by atoms with E-state index in [2.05, 4.69) is 4.90 Å². The highest BCUT2D eigenvalue weighted by atomic mass is 16.7. The highest BCUT2D eigenvalue weighted by Crippen LogP contribution is 2.34. The van der Waals surface area contributed by atoms with Gasteiger partial charge in [-0.1, -0.05) is 12.1 Å². The van der Waals surface area contributed by atoms with Gasteiger partial charge in [0.05, 0.1) is 24.5 Å². The van der Waals surface area contributed by atoms with Crippen molar-refractivity contribution in [3.63, 3.8) is 0 Å². The third kappa shape index (κ3) is 2.31. The van der Waals surface area contributed by atoms with Gasteiger partial charge < -0.3 is 19.5 Å². The molecule has 0 bridgehead atoms. The number of carbonyl (C=O) groups is 1. The van der Waals surface area contributed by atoms with Gasteiger partial charge in [-0.3, -0.25) is 0 Å². The summed E-state index contributed by atoms with van der Waals surface area (Å²) in [6.45, 7) is 2.83. The zero-order valence-corrected chi connectivity index (χ0v) is 10.7. The molecule has 5 heteroatoms. The van der Waals surface area contributed by atoms with Crippen LogP contribution in [0, 0.1) is 0 Å². The summed E-state index contributed by atoms with van der Waals surface area (Å²) in [5.74, 6) is -1.31. The first-order valence-corrected chi connectivity index (χ1v) is 6.55. The zero-order chi connectivity index (χ0) is 13.3. The average Bonchev–Trinajstić information content (AvgIpc) is 2.88. The molecule has 0 aliphatic carbocycles. The smallest absolute Gasteiger partial charge is 0.337 e. The van der Waals surface area contributed by atoms with Crippen molar-refractivity contribution in [1.82, 2.24) is 0 Å². The van der Waals surface area contributed by atoms with Crippen LogP contribution in [-0.2, 0) is 9.47 Å². The van der Waals surface area contributed by atoms with Crippen molar-refractivity contribution in [2.24, 2.45) is 0 Å². The molecule has 1 aromatic carbocycles. The molecule has 3 rings (SSSR count). The molecule has 0 saturated carbocycles. The maximum Gasteiger partial charge on any atom is 0.337 e. The summed E-state index contributed by atoms with van der Waals surface area (Å²) in [5, 5.41) is 9.23. The van der Waals surface area contributed by atoms with E-state index < -0.39 is 11.8 Å². The van der Waals surface area contributed by atoms with E-state index in [0.717, 1.165) is 31.6 Å². The van der Waals surface area contributed by atoms with Crippen molar-refractivity contribution in [1.29, 1.82) is 0 Å². The Morgan fingerprint density at radius 1 is 1.16 bits per heavy atom. The number of nitrogens with zero attached hydrogens (tertiary/aromatic N) is 1. The maximum absolute atomic E-state index is 11.2. The first kappa shape index (κ1) is 12.4. The van der Waals surface area contributed by atoms with Gasteiger partial charge in [0.1, 0.15) is 0 Å². The van der Waals surface area contributed by atoms with Gasteiger partial charge in [0.25, 0.3) is 0 Å². The van der Waals surface area contributed by atoms with Crippen molar-refractivity contribution < 1.29 is 19.4 Å². The number of carboxylic acids is 1. The molecular weight excluding hydrogens is 246 g/mol. The first-order chi connectivity index (χ1) is 9.20. The molecule has 0 aromatic heterocycles. The molecule has 1 spiro atoms. The van der Waals surface area contributed by atoms with E-state index >= 15 is 0 Å². The van der Waals surface area contributed by atoms with E-state index in [9.17, 15) is 9.90 Å². The van der Waals surface area contributed by atoms with E-state index in [0.29, 0.717) is 18.8 Å². The third-order valence-corrected chi connectivity index (χ3v) is 3.81. The molecule has 0 atom stereocenters. The normalized spacial score (nSPS) is 21.8. The Morgan fingerprint density at radius 3 is 2.42 bits per heavy atom. The van der Waals surface area contributed by atoms with Gasteiger partial charge >= 0.3 is 5.97 Å². The molecule has 0 unspecified atom stereocenters. The van der Waals surface area contributed by atoms with Crippen LogP contribution in [-0.4, -0.2) is 43.2 Å². The predicted octanol–water partition coefficient (Wildman–Crippen LogP) is 1.73. The van der Waals surface area contributed by atoms with E-state index in [4.69, 9.17) is 9.47 Å². The topological polar surface area (TPSA) is 59.0 Å². The molecule has 1 N–H and O–H groups in total. The van der Waals surface area contributed by atoms with Gasteiger partial charge in [-0.05, 0) is 12.1 Å². The van der Waals surface area contributed by atoms with Crippen LogP contribution >= 0.6 is 0 Å². The minimum atomic E-state index is -0.885. The lowest BCUT2D eigenvalue weighted by Crippen LogP contribution is -2.45. The fourth-order valence-electron chi connectivity index (χ4n) is 2.80. The van der Waals surface area contributed by atoms with Crippen LogP contribution in [0.25, 0.3) is 0 Å². The summed E-state index contributed by atoms with van der Waals surface area (Å²) >= 11 is 0. The SMILES string of the molecule is O=C(O)c1ccccc1N1CCC2(CC1)OCCO2. The molecule has 5 nitrogen and oxygen atoms in total. The lowest BCUT2D eigenvalue weighted by Gasteiger charge is -2.39. The summed E-state index contributed by atoms with van der Waals surface area (Å²) in [4.78, 5) is 13.3. The predicted molar refractivity (Wildman–Crippen MR) is 69.5 cm³/mol. The van der Waals surface area contributed by atoms with Gasteiger partial charge in [-0.25, -0.2) is 4.79 Å². The number of rotatable bonds is 2. The van der Waals surface area contributed by atoms with Gasteiger partial charge in [0.2, 0.25) is 0 Å². The Labute approximate surface area is 111 Å². The summed E-state index contributed by atoms with van der Waals surface area (Å²) in [7, 11) is 0. The second kappa shape index (κ2) is 4.83. The number of ether oxygens (including phenoxy) is 2. The summed E-state index contributed by atoms with van der Waals surface area (Å²) in [6, 6.07) is 7.12. The van der Waals surface area contributed by atoms with Gasteiger partial charge in [0, 0.05) is 25.9 Å². The van der Waals surface area contributed by atoms with Crippen LogP contribution < -0.4 is 4.90 Å². The number of anilines is 1. The third-order valence-electron chi connectivity index (χ3n) is 3.81. The number of hydrogen-bond acceptors (Lipinski definition) is 4. The maximum atomic E-state index is 11.2. The van der Waals surface area contributed by atoms with E-state index in [-0.39, 0.29) is 0 Å². The molecule has 2 heterocycles. The Morgan fingerprint density at radius 2 is 1.79 bits per heavy atom. The largest absolute Gasteiger partial charge is 0.478 e. The Hall–Kier alpha value is -1.59. The Balaban J connectivity index is 1.76. The Bertz CT molecular complexity index is 472. The van der Waals surface area contributed by atoms with Gasteiger partial charge in [0.15, 0.2) is 5.79 Å². The molecule has 2 saturated heterocycles. The summed E-state index contributed by atoms with van der Waals surface area (Å²) < 4.78 is 11.4. The molecule has 102 valence electrons. The van der Waals surface area contributed by atoms with Gasteiger partial charge in [-0.2, -0.15) is 0 Å². The molecule has 2 fully saturated rings. The van der Waals surface area contributed by atoms with Crippen LogP contribution in [0.1, 0.15) is 23.2 Å². The van der Waals surface area contributed by atoms with Crippen LogP contribution in [0.5, 0.6) is 0 Å². The first-order valence-electron chi connectivity index (χ1n) is 6.55. The van der Waals surface area contributed by atoms with Crippen LogP contribution in [0.2, 0.25) is 0 Å². The highest BCUT2D eigenvalue weighted by Gasteiger charge is 2.40. The standard InChI is InChI=1S/C14H17NO4/c16-13(17)11-3-1-2-4-12(11)15-7-5-14(6-8-15)18-9-10-19-14/h1-4H,5-10H2,(H,16,17). The zero-order valence-electron chi connectivity index (χ0n) is 10.7. The van der Waals surface area contributed by atoms with Crippen LogP contribution in [0.15, 0.2) is 24.3 Å². The van der Waals surface area contributed by atoms with Crippen molar-refractivity contribution in [2.75, 3.05) is 31.2 Å². The quantitative estimate of drug-likeness (QED) is 0.880. The van der Waals surface area contributed by atoms with E-state index in [1.807, 2.05) is 12.1 Å². The van der Waals surface area contributed by atoms with Crippen molar-refractivity contribution in [2.45, 2.75) is 18.6 Å². The summed E-state index contributed by atoms with van der Waals surface area (Å²) in [6.07, 6.45) is 1.56. The minimum absolute atomic E-state index is 0.353. The monoisotopic (exact) mass is 263 g/mol. The minimum Gasteiger partial charge on any atom is -0.478 e. The van der Waals surface area contributed by atoms with Gasteiger partial charge in [-0.15, -0.1) is 0 Å². The lowest BCUT2D eigenvalue weighted by atomic mass is 10.0. The number of benzene rings is 1. The number of carboxylic acid groups (broad SMARTS) is 1. The number of hydrogen-bond donors (Lipinski definition) is 1. The highest BCUT2D eigenvalue weighted by molar-refractivity contribution is 5.94. The number of para-hydroxylation sites is 1. The molecular formula is C14H17NO4. The van der Waals surface area contributed by atoms with Crippen molar-refractivity contribution in [3.8, 4) is 0 Å². The van der Waals surface area contributed by atoms with Crippen LogP contribution in [0.4, 0.5) is 5.69 Å². The number of piperidine rings is 1. The van der Waals surface area contributed by atoms with Crippen LogP contribution in [0.3, 0.4) is 0 Å².